The van der Waals surface area contributed by atoms with E-state index < -0.39 is 5.97 Å². The van der Waals surface area contributed by atoms with Crippen LogP contribution in [-0.2, 0) is 4.79 Å². The summed E-state index contributed by atoms with van der Waals surface area (Å²) in [6.07, 6.45) is 0. The number of nitrogens with zero attached hydrogens (tertiary/aromatic N) is 1. The standard InChI is InChI=1S/C14H18FNO3/c1-10-8-16(9-13(10)14(17)18)6-7-19-12-4-2-11(15)3-5-12/h2-5,10,13H,6-9H2,1H3,(H,17,18)/t10-,13-/m1/s1. The van der Waals surface area contributed by atoms with Crippen LogP contribution in [0.2, 0.25) is 0 Å². The first-order valence-corrected chi connectivity index (χ1v) is 6.40. The normalized spacial score (nSPS) is 23.5. The van der Waals surface area contributed by atoms with Gasteiger partial charge in [0.25, 0.3) is 0 Å². The van der Waals surface area contributed by atoms with Gasteiger partial charge >= 0.3 is 5.97 Å². The molecule has 1 aromatic rings. The quantitative estimate of drug-likeness (QED) is 0.884. The lowest BCUT2D eigenvalue weighted by molar-refractivity contribution is -0.142. The Morgan fingerprint density at radius 2 is 2.11 bits per heavy atom. The first-order valence-electron chi connectivity index (χ1n) is 6.40. The molecule has 0 bridgehead atoms. The topological polar surface area (TPSA) is 49.8 Å². The summed E-state index contributed by atoms with van der Waals surface area (Å²) in [6, 6.07) is 5.88. The van der Waals surface area contributed by atoms with Crippen molar-refractivity contribution in [2.75, 3.05) is 26.2 Å². The molecule has 0 unspecified atom stereocenters. The third-order valence-electron chi connectivity index (χ3n) is 3.50. The molecule has 2 rings (SSSR count). The van der Waals surface area contributed by atoms with Crippen molar-refractivity contribution >= 4 is 5.97 Å². The number of rotatable bonds is 5. The average molecular weight is 267 g/mol. The van der Waals surface area contributed by atoms with Crippen molar-refractivity contribution in [3.63, 3.8) is 0 Å². The molecule has 2 atom stereocenters. The lowest BCUT2D eigenvalue weighted by atomic mass is 9.99. The molecular weight excluding hydrogens is 249 g/mol. The highest BCUT2D eigenvalue weighted by Gasteiger charge is 2.34. The first kappa shape index (κ1) is 13.8. The van der Waals surface area contributed by atoms with Gasteiger partial charge in [-0.1, -0.05) is 6.92 Å². The number of carboxylic acid groups (broad SMARTS) is 1. The van der Waals surface area contributed by atoms with E-state index in [0.717, 1.165) is 6.54 Å². The number of likely N-dealkylation sites (tertiary alicyclic amines) is 1. The molecule has 1 aliphatic rings. The van der Waals surface area contributed by atoms with Gasteiger partial charge in [-0.15, -0.1) is 0 Å². The Hall–Kier alpha value is -1.62. The van der Waals surface area contributed by atoms with Crippen LogP contribution >= 0.6 is 0 Å². The molecule has 0 aromatic heterocycles. The molecule has 4 nitrogen and oxygen atoms in total. The predicted molar refractivity (Wildman–Crippen MR) is 68.6 cm³/mol. The van der Waals surface area contributed by atoms with Crippen molar-refractivity contribution in [2.24, 2.45) is 11.8 Å². The van der Waals surface area contributed by atoms with Gasteiger partial charge in [-0.2, -0.15) is 0 Å². The maximum absolute atomic E-state index is 12.7. The van der Waals surface area contributed by atoms with Crippen LogP contribution < -0.4 is 4.74 Å². The highest BCUT2D eigenvalue weighted by molar-refractivity contribution is 5.71. The van der Waals surface area contributed by atoms with Crippen LogP contribution in [0.25, 0.3) is 0 Å². The molecule has 0 spiro atoms. The van der Waals surface area contributed by atoms with Crippen LogP contribution in [0.5, 0.6) is 5.75 Å². The molecule has 0 saturated carbocycles. The van der Waals surface area contributed by atoms with Gasteiger partial charge in [0.15, 0.2) is 0 Å². The molecule has 1 N–H and O–H groups in total. The van der Waals surface area contributed by atoms with E-state index in [9.17, 15) is 9.18 Å². The largest absolute Gasteiger partial charge is 0.492 e. The molecule has 1 fully saturated rings. The van der Waals surface area contributed by atoms with Gasteiger partial charge in [-0.3, -0.25) is 9.69 Å². The van der Waals surface area contributed by atoms with Crippen LogP contribution in [0.4, 0.5) is 4.39 Å². The molecule has 1 saturated heterocycles. The molecule has 1 aromatic carbocycles. The van der Waals surface area contributed by atoms with E-state index in [-0.39, 0.29) is 17.7 Å². The molecule has 19 heavy (non-hydrogen) atoms. The lowest BCUT2D eigenvalue weighted by Gasteiger charge is -2.15. The van der Waals surface area contributed by atoms with Gasteiger partial charge in [-0.05, 0) is 30.2 Å². The molecule has 0 aliphatic carbocycles. The van der Waals surface area contributed by atoms with Crippen LogP contribution in [0.1, 0.15) is 6.92 Å². The zero-order valence-electron chi connectivity index (χ0n) is 10.9. The third-order valence-corrected chi connectivity index (χ3v) is 3.50. The summed E-state index contributed by atoms with van der Waals surface area (Å²) in [6.45, 7) is 4.48. The second kappa shape index (κ2) is 6.02. The van der Waals surface area contributed by atoms with E-state index in [2.05, 4.69) is 4.90 Å². The first-order chi connectivity index (χ1) is 9.06. The van der Waals surface area contributed by atoms with Crippen molar-refractivity contribution in [2.45, 2.75) is 6.92 Å². The van der Waals surface area contributed by atoms with Crippen LogP contribution in [0.15, 0.2) is 24.3 Å². The number of halogens is 1. The van der Waals surface area contributed by atoms with E-state index in [1.54, 1.807) is 12.1 Å². The zero-order chi connectivity index (χ0) is 13.8. The minimum atomic E-state index is -0.727. The summed E-state index contributed by atoms with van der Waals surface area (Å²) in [5, 5.41) is 9.04. The number of hydrogen-bond acceptors (Lipinski definition) is 3. The lowest BCUT2D eigenvalue weighted by Crippen LogP contribution is -2.27. The monoisotopic (exact) mass is 267 g/mol. The fourth-order valence-electron chi connectivity index (χ4n) is 2.39. The van der Waals surface area contributed by atoms with E-state index in [4.69, 9.17) is 9.84 Å². The Morgan fingerprint density at radius 1 is 1.42 bits per heavy atom. The Bertz CT molecular complexity index is 435. The Balaban J connectivity index is 1.75. The average Bonchev–Trinajstić information content (AvgIpc) is 2.73. The minimum absolute atomic E-state index is 0.170. The number of carboxylic acids is 1. The van der Waals surface area contributed by atoms with Crippen molar-refractivity contribution in [3.05, 3.63) is 30.1 Å². The number of hydrogen-bond donors (Lipinski definition) is 1. The molecule has 0 amide bonds. The summed E-state index contributed by atoms with van der Waals surface area (Å²) in [5.74, 6) is -0.503. The van der Waals surface area contributed by atoms with Gasteiger partial charge in [0.2, 0.25) is 0 Å². The van der Waals surface area contributed by atoms with Gasteiger partial charge < -0.3 is 9.84 Å². The Labute approximate surface area is 111 Å². The van der Waals surface area contributed by atoms with Crippen LogP contribution in [0, 0.1) is 17.7 Å². The van der Waals surface area contributed by atoms with Crippen molar-refractivity contribution in [1.29, 1.82) is 0 Å². The van der Waals surface area contributed by atoms with Crippen LogP contribution in [0.3, 0.4) is 0 Å². The van der Waals surface area contributed by atoms with E-state index >= 15 is 0 Å². The summed E-state index contributed by atoms with van der Waals surface area (Å²) >= 11 is 0. The summed E-state index contributed by atoms with van der Waals surface area (Å²) in [5.41, 5.74) is 0. The second-order valence-corrected chi connectivity index (χ2v) is 4.98. The number of aliphatic carboxylic acids is 1. The number of benzene rings is 1. The van der Waals surface area contributed by atoms with E-state index in [1.165, 1.54) is 12.1 Å². The molecule has 1 aliphatic heterocycles. The van der Waals surface area contributed by atoms with Crippen LogP contribution in [-0.4, -0.2) is 42.2 Å². The third kappa shape index (κ3) is 3.67. The van der Waals surface area contributed by atoms with E-state index in [0.29, 0.717) is 25.4 Å². The second-order valence-electron chi connectivity index (χ2n) is 4.98. The molecule has 0 radical (unpaired) electrons. The maximum Gasteiger partial charge on any atom is 0.308 e. The maximum atomic E-state index is 12.7. The molecular formula is C14H18FNO3. The Kier molecular flexibility index (Phi) is 4.37. The highest BCUT2D eigenvalue weighted by Crippen LogP contribution is 2.22. The van der Waals surface area contributed by atoms with E-state index in [1.807, 2.05) is 6.92 Å². The zero-order valence-corrected chi connectivity index (χ0v) is 10.9. The van der Waals surface area contributed by atoms with Gasteiger partial charge in [0, 0.05) is 19.6 Å². The molecule has 5 heteroatoms. The SMILES string of the molecule is C[C@@H]1CN(CCOc2ccc(F)cc2)C[C@H]1C(=O)O. The van der Waals surface area contributed by atoms with Gasteiger partial charge in [0.1, 0.15) is 18.2 Å². The summed E-state index contributed by atoms with van der Waals surface area (Å²) in [7, 11) is 0. The fraction of sp³-hybridized carbons (Fsp3) is 0.500. The van der Waals surface area contributed by atoms with Gasteiger partial charge in [-0.25, -0.2) is 4.39 Å². The molecule has 1 heterocycles. The molecule has 104 valence electrons. The van der Waals surface area contributed by atoms with Crippen molar-refractivity contribution < 1.29 is 19.0 Å². The highest BCUT2D eigenvalue weighted by atomic mass is 19.1. The smallest absolute Gasteiger partial charge is 0.308 e. The van der Waals surface area contributed by atoms with Gasteiger partial charge in [0.05, 0.1) is 5.92 Å². The Morgan fingerprint density at radius 3 is 2.68 bits per heavy atom. The fourth-order valence-corrected chi connectivity index (χ4v) is 2.39. The minimum Gasteiger partial charge on any atom is -0.492 e. The number of ether oxygens (including phenoxy) is 1. The van der Waals surface area contributed by atoms with Crippen molar-refractivity contribution in [1.82, 2.24) is 4.90 Å². The summed E-state index contributed by atoms with van der Waals surface area (Å²) < 4.78 is 18.2. The summed E-state index contributed by atoms with van der Waals surface area (Å²) in [4.78, 5) is 13.1. The predicted octanol–water partition coefficient (Wildman–Crippen LogP) is 1.86. The number of carbonyl (C=O) groups is 1. The van der Waals surface area contributed by atoms with Crippen molar-refractivity contribution in [3.8, 4) is 5.75 Å².